The molecule has 4 rings (SSSR count). The lowest BCUT2D eigenvalue weighted by molar-refractivity contribution is -0.138. The molecule has 29 heavy (non-hydrogen) atoms. The highest BCUT2D eigenvalue weighted by Gasteiger charge is 2.32. The van der Waals surface area contributed by atoms with Gasteiger partial charge in [-0.25, -0.2) is 0 Å². The van der Waals surface area contributed by atoms with Crippen molar-refractivity contribution < 1.29 is 14.1 Å². The largest absolute Gasteiger partial charge is 0.360 e. The number of hydrogen-bond acceptors (Lipinski definition) is 5. The number of nitrogens with one attached hydrogen (secondary N) is 1. The lowest BCUT2D eigenvalue weighted by Gasteiger charge is -2.35. The van der Waals surface area contributed by atoms with E-state index in [-0.39, 0.29) is 18.2 Å². The SMILES string of the molecule is CN(Cc1ccno1)C(=O)CC1C(=O)NCCN1Cc1ccc2ccccc2c1. The van der Waals surface area contributed by atoms with Crippen LogP contribution in [0.2, 0.25) is 0 Å². The summed E-state index contributed by atoms with van der Waals surface area (Å²) in [5.74, 6) is 0.410. The average molecular weight is 392 g/mol. The summed E-state index contributed by atoms with van der Waals surface area (Å²) in [6.45, 7) is 2.26. The second-order valence-corrected chi connectivity index (χ2v) is 7.39. The predicted molar refractivity (Wildman–Crippen MR) is 109 cm³/mol. The quantitative estimate of drug-likeness (QED) is 0.696. The van der Waals surface area contributed by atoms with Crippen molar-refractivity contribution >= 4 is 22.6 Å². The summed E-state index contributed by atoms with van der Waals surface area (Å²) in [7, 11) is 1.71. The molecule has 1 aliphatic rings. The minimum absolute atomic E-state index is 0.0987. The van der Waals surface area contributed by atoms with Gasteiger partial charge in [-0.2, -0.15) is 0 Å². The zero-order valence-corrected chi connectivity index (χ0v) is 16.4. The van der Waals surface area contributed by atoms with E-state index in [0.29, 0.717) is 31.9 Å². The van der Waals surface area contributed by atoms with Gasteiger partial charge in [-0.1, -0.05) is 41.6 Å². The van der Waals surface area contributed by atoms with Crippen molar-refractivity contribution in [2.45, 2.75) is 25.6 Å². The van der Waals surface area contributed by atoms with Crippen LogP contribution in [0.15, 0.2) is 59.3 Å². The zero-order valence-electron chi connectivity index (χ0n) is 16.4. The number of amides is 2. The number of carbonyl (C=O) groups is 2. The lowest BCUT2D eigenvalue weighted by Crippen LogP contribution is -2.56. The molecule has 1 unspecified atom stereocenters. The molecule has 3 aromatic rings. The fraction of sp³-hybridized carbons (Fsp3) is 0.318. The van der Waals surface area contributed by atoms with Gasteiger partial charge in [0, 0.05) is 32.7 Å². The molecule has 1 saturated heterocycles. The van der Waals surface area contributed by atoms with Gasteiger partial charge < -0.3 is 14.7 Å². The molecular weight excluding hydrogens is 368 g/mol. The van der Waals surface area contributed by atoms with Crippen LogP contribution in [0.1, 0.15) is 17.7 Å². The van der Waals surface area contributed by atoms with Crippen molar-refractivity contribution in [1.29, 1.82) is 0 Å². The van der Waals surface area contributed by atoms with E-state index < -0.39 is 6.04 Å². The van der Waals surface area contributed by atoms with E-state index in [0.717, 1.165) is 5.56 Å². The highest BCUT2D eigenvalue weighted by Crippen LogP contribution is 2.20. The molecule has 150 valence electrons. The zero-order chi connectivity index (χ0) is 20.2. The lowest BCUT2D eigenvalue weighted by atomic mass is 10.0. The fourth-order valence-electron chi connectivity index (χ4n) is 3.71. The summed E-state index contributed by atoms with van der Waals surface area (Å²) in [5.41, 5.74) is 1.13. The molecule has 1 N–H and O–H groups in total. The molecule has 2 amide bonds. The van der Waals surface area contributed by atoms with Crippen LogP contribution in [0.4, 0.5) is 0 Å². The molecule has 1 fully saturated rings. The van der Waals surface area contributed by atoms with Gasteiger partial charge in [0.25, 0.3) is 0 Å². The first-order chi connectivity index (χ1) is 14.1. The summed E-state index contributed by atoms with van der Waals surface area (Å²) < 4.78 is 5.07. The molecule has 0 saturated carbocycles. The molecule has 1 aromatic heterocycles. The smallest absolute Gasteiger partial charge is 0.237 e. The number of nitrogens with zero attached hydrogens (tertiary/aromatic N) is 3. The Labute approximate surface area is 169 Å². The highest BCUT2D eigenvalue weighted by molar-refractivity contribution is 5.89. The standard InChI is InChI=1S/C22H24N4O3/c1-25(15-19-8-9-24-29-19)21(27)13-20-22(28)23-10-11-26(20)14-16-6-7-17-4-2-3-5-18(17)12-16/h2-9,12,20H,10-11,13-15H2,1H3,(H,23,28). The third kappa shape index (κ3) is 4.46. The molecule has 7 heteroatoms. The first-order valence-corrected chi connectivity index (χ1v) is 9.73. The van der Waals surface area contributed by atoms with Crippen molar-refractivity contribution in [2.75, 3.05) is 20.1 Å². The van der Waals surface area contributed by atoms with E-state index in [4.69, 9.17) is 4.52 Å². The maximum atomic E-state index is 12.7. The second kappa shape index (κ2) is 8.45. The van der Waals surface area contributed by atoms with Crippen LogP contribution in [0.25, 0.3) is 10.8 Å². The van der Waals surface area contributed by atoms with Crippen molar-refractivity contribution in [3.8, 4) is 0 Å². The Morgan fingerprint density at radius 3 is 2.86 bits per heavy atom. The van der Waals surface area contributed by atoms with Crippen LogP contribution < -0.4 is 5.32 Å². The number of aromatic nitrogens is 1. The average Bonchev–Trinajstić information content (AvgIpc) is 3.23. The van der Waals surface area contributed by atoms with Gasteiger partial charge in [0.2, 0.25) is 11.8 Å². The number of benzene rings is 2. The van der Waals surface area contributed by atoms with Gasteiger partial charge in [-0.3, -0.25) is 14.5 Å². The Hall–Kier alpha value is -3.19. The maximum absolute atomic E-state index is 12.7. The van der Waals surface area contributed by atoms with Gasteiger partial charge in [0.15, 0.2) is 5.76 Å². The number of rotatable bonds is 6. The Morgan fingerprint density at radius 1 is 1.24 bits per heavy atom. The third-order valence-corrected chi connectivity index (χ3v) is 5.32. The maximum Gasteiger partial charge on any atom is 0.237 e. The Bertz CT molecular complexity index is 1000. The summed E-state index contributed by atoms with van der Waals surface area (Å²) >= 11 is 0. The minimum Gasteiger partial charge on any atom is -0.360 e. The Balaban J connectivity index is 1.46. The molecule has 0 bridgehead atoms. The Morgan fingerprint density at radius 2 is 2.07 bits per heavy atom. The number of piperazine rings is 1. The predicted octanol–water partition coefficient (Wildman–Crippen LogP) is 2.18. The molecule has 1 aliphatic heterocycles. The molecule has 0 aliphatic carbocycles. The van der Waals surface area contributed by atoms with E-state index in [1.807, 2.05) is 12.1 Å². The molecule has 1 atom stereocenters. The van der Waals surface area contributed by atoms with Crippen LogP contribution in [0, 0.1) is 0 Å². The van der Waals surface area contributed by atoms with Gasteiger partial charge in [0.1, 0.15) is 0 Å². The second-order valence-electron chi connectivity index (χ2n) is 7.39. The summed E-state index contributed by atoms with van der Waals surface area (Å²) in [5, 5.41) is 8.91. The minimum atomic E-state index is -0.486. The van der Waals surface area contributed by atoms with E-state index in [2.05, 4.69) is 45.7 Å². The van der Waals surface area contributed by atoms with E-state index in [1.54, 1.807) is 24.2 Å². The van der Waals surface area contributed by atoms with Gasteiger partial charge >= 0.3 is 0 Å². The first kappa shape index (κ1) is 19.1. The Kier molecular flexibility index (Phi) is 5.57. The molecular formula is C22H24N4O3. The number of hydrogen-bond donors (Lipinski definition) is 1. The molecule has 0 spiro atoms. The van der Waals surface area contributed by atoms with Crippen LogP contribution in [0.3, 0.4) is 0 Å². The van der Waals surface area contributed by atoms with Crippen LogP contribution in [-0.2, 0) is 22.7 Å². The third-order valence-electron chi connectivity index (χ3n) is 5.32. The van der Waals surface area contributed by atoms with Crippen molar-refractivity contribution in [1.82, 2.24) is 20.3 Å². The number of fused-ring (bicyclic) bond motifs is 1. The van der Waals surface area contributed by atoms with Gasteiger partial charge in [-0.05, 0) is 22.4 Å². The van der Waals surface area contributed by atoms with Crippen molar-refractivity contribution in [2.24, 2.45) is 0 Å². The first-order valence-electron chi connectivity index (χ1n) is 9.73. The van der Waals surface area contributed by atoms with Crippen LogP contribution >= 0.6 is 0 Å². The fourth-order valence-corrected chi connectivity index (χ4v) is 3.71. The summed E-state index contributed by atoms with van der Waals surface area (Å²) in [6, 6.07) is 15.8. The molecule has 2 heterocycles. The van der Waals surface area contributed by atoms with E-state index in [9.17, 15) is 9.59 Å². The monoisotopic (exact) mass is 392 g/mol. The normalized spacial score (nSPS) is 17.3. The van der Waals surface area contributed by atoms with Crippen LogP contribution in [0.5, 0.6) is 0 Å². The van der Waals surface area contributed by atoms with Crippen molar-refractivity contribution in [3.05, 3.63) is 66.1 Å². The van der Waals surface area contributed by atoms with Gasteiger partial charge in [0.05, 0.1) is 25.2 Å². The molecule has 7 nitrogen and oxygen atoms in total. The molecule has 0 radical (unpaired) electrons. The van der Waals surface area contributed by atoms with Gasteiger partial charge in [-0.15, -0.1) is 0 Å². The summed E-state index contributed by atoms with van der Waals surface area (Å²) in [4.78, 5) is 28.9. The van der Waals surface area contributed by atoms with E-state index in [1.165, 1.54) is 10.8 Å². The van der Waals surface area contributed by atoms with Crippen LogP contribution in [-0.4, -0.2) is 52.9 Å². The van der Waals surface area contributed by atoms with Crippen molar-refractivity contribution in [3.63, 3.8) is 0 Å². The molecule has 2 aromatic carbocycles. The topological polar surface area (TPSA) is 78.7 Å². The van der Waals surface area contributed by atoms with E-state index >= 15 is 0 Å². The number of carbonyl (C=O) groups excluding carboxylic acids is 2. The summed E-state index contributed by atoms with van der Waals surface area (Å²) in [6.07, 6.45) is 1.68. The highest BCUT2D eigenvalue weighted by atomic mass is 16.5.